The fourth-order valence-corrected chi connectivity index (χ4v) is 40.0. The Bertz CT molecular complexity index is 4730. The molecule has 0 aliphatic heterocycles. The van der Waals surface area contributed by atoms with E-state index < -0.39 is 26.8 Å². The van der Waals surface area contributed by atoms with Crippen LogP contribution in [0.4, 0.5) is 0 Å². The molecule has 0 radical (unpaired) electrons. The molecule has 0 heterocycles. The van der Waals surface area contributed by atoms with Crippen molar-refractivity contribution in [1.82, 2.24) is 0 Å². The number of hydrogen-bond acceptors (Lipinski definition) is 0. The molecule has 14 aromatic rings. The van der Waals surface area contributed by atoms with Crippen molar-refractivity contribution in [2.24, 2.45) is 0 Å². The summed E-state index contributed by atoms with van der Waals surface area (Å²) >= 11 is -3.12. The molecule has 0 saturated carbocycles. The van der Waals surface area contributed by atoms with Crippen LogP contribution in [0, 0.1) is 0 Å². The molecule has 0 amide bonds. The molecule has 92 heavy (non-hydrogen) atoms. The summed E-state index contributed by atoms with van der Waals surface area (Å²) in [6, 6.07) is 94.6. The van der Waals surface area contributed by atoms with Crippen LogP contribution in [0.5, 0.6) is 0 Å². The van der Waals surface area contributed by atoms with Crippen molar-refractivity contribution in [2.75, 3.05) is 0 Å². The van der Waals surface area contributed by atoms with Crippen molar-refractivity contribution in [2.45, 2.75) is 111 Å². The first-order valence-corrected chi connectivity index (χ1v) is 44.7. The van der Waals surface area contributed by atoms with Gasteiger partial charge in [-0.1, -0.05) is 0 Å². The minimum atomic E-state index is -3.12. The molecule has 0 fully saturated rings. The summed E-state index contributed by atoms with van der Waals surface area (Å²) in [6.45, 7) is 10.4. The summed E-state index contributed by atoms with van der Waals surface area (Å²) in [6.07, 6.45) is 20.6. The summed E-state index contributed by atoms with van der Waals surface area (Å²) in [4.78, 5) is 0. The van der Waals surface area contributed by atoms with Gasteiger partial charge in [0.1, 0.15) is 0 Å². The second-order valence-corrected chi connectivity index (χ2v) is 47.1. The first-order chi connectivity index (χ1) is 45.4. The fraction of sp³-hybridized carbons (Fsp3) is 0.200. The van der Waals surface area contributed by atoms with Gasteiger partial charge in [-0.25, -0.2) is 0 Å². The molecule has 0 bridgehead atoms. The molecule has 2 heteroatoms. The van der Waals surface area contributed by atoms with Gasteiger partial charge in [0.05, 0.1) is 0 Å². The van der Waals surface area contributed by atoms with E-state index in [2.05, 4.69) is 282 Å². The van der Waals surface area contributed by atoms with Crippen molar-refractivity contribution in [1.29, 1.82) is 0 Å². The maximum atomic E-state index is 2.86. The van der Waals surface area contributed by atoms with Gasteiger partial charge in [-0.3, -0.25) is 0 Å². The second-order valence-electron chi connectivity index (χ2n) is 27.0. The Balaban J connectivity index is 1.04. The Hall–Kier alpha value is -8.26. The number of benzene rings is 14. The van der Waals surface area contributed by atoms with Crippen LogP contribution in [-0.2, 0) is 20.9 Å². The van der Waals surface area contributed by atoms with E-state index in [1.54, 1.807) is 22.3 Å². The van der Waals surface area contributed by atoms with Crippen molar-refractivity contribution >= 4 is 104 Å². The van der Waals surface area contributed by atoms with Crippen LogP contribution >= 0.6 is 0 Å². The number of unbranched alkanes of at least 4 members (excludes halogenated alkanes) is 8. The Kier molecular flexibility index (Phi) is 16.2. The average Bonchev–Trinajstić information content (AvgIpc) is 1.48. The van der Waals surface area contributed by atoms with Crippen molar-refractivity contribution in [3.8, 4) is 44.5 Å². The number of allylic oxidation sites excluding steroid dienone is 2. The van der Waals surface area contributed by atoms with Gasteiger partial charge in [-0.15, -0.1) is 0 Å². The first-order valence-electron chi connectivity index (χ1n) is 34.7. The zero-order valence-corrected chi connectivity index (χ0v) is 57.6. The molecule has 0 nitrogen and oxygen atoms in total. The molecule has 2 aliphatic rings. The standard InChI is InChI=1S/2C44H37.C2H7Si.Zr/c2*1-2-3-4-5-6-15-30-26-41-39(43-35-20-11-7-16-31(35)28-32-17-8-12-21-36(32)43)24-25-40(42(41)27-30)44-37-22-13-9-18-33(37)29-34-19-10-14-23-38(34)44;1-3-2;/h2*7-14,16-29H,2-6,15H2,1H3;3H,1-2H3;. The second kappa shape index (κ2) is 25.3. The van der Waals surface area contributed by atoms with E-state index in [0.29, 0.717) is 7.25 Å². The van der Waals surface area contributed by atoms with Crippen LogP contribution in [0.3, 0.4) is 0 Å². The van der Waals surface area contributed by atoms with E-state index in [1.807, 2.05) is 0 Å². The van der Waals surface area contributed by atoms with E-state index in [0.717, 1.165) is 12.8 Å². The summed E-state index contributed by atoms with van der Waals surface area (Å²) in [5, 5.41) is 21.2. The predicted molar refractivity (Wildman–Crippen MR) is 402 cm³/mol. The molecule has 14 aromatic carbocycles. The quantitative estimate of drug-likeness (QED) is 0.0430. The van der Waals surface area contributed by atoms with Gasteiger partial charge in [-0.2, -0.15) is 0 Å². The third kappa shape index (κ3) is 10.3. The summed E-state index contributed by atoms with van der Waals surface area (Å²) in [5.41, 5.74) is 21.0. The van der Waals surface area contributed by atoms with E-state index >= 15 is 0 Å². The van der Waals surface area contributed by atoms with E-state index in [4.69, 9.17) is 0 Å². The van der Waals surface area contributed by atoms with Gasteiger partial charge < -0.3 is 0 Å². The van der Waals surface area contributed by atoms with E-state index in [1.165, 1.54) is 206 Å². The molecule has 0 spiro atoms. The molecule has 16 rings (SSSR count). The van der Waals surface area contributed by atoms with Crippen LogP contribution in [0.1, 0.15) is 120 Å². The van der Waals surface area contributed by atoms with Crippen LogP contribution in [0.2, 0.25) is 13.1 Å². The molecular weight excluding hydrogens is 1200 g/mol. The molecule has 449 valence electrons. The minimum absolute atomic E-state index is 0.359. The van der Waals surface area contributed by atoms with E-state index in [-0.39, 0.29) is 0 Å². The van der Waals surface area contributed by atoms with Gasteiger partial charge in [-0.05, 0) is 0 Å². The molecular formula is C90H81SiZr. The Morgan fingerprint density at radius 1 is 0.283 bits per heavy atom. The number of rotatable bonds is 19. The van der Waals surface area contributed by atoms with Gasteiger partial charge in [0.2, 0.25) is 0 Å². The first kappa shape index (κ1) is 58.8. The molecule has 0 N–H and O–H groups in total. The topological polar surface area (TPSA) is 0 Å². The van der Waals surface area contributed by atoms with Crippen molar-refractivity contribution < 1.29 is 20.9 Å². The summed E-state index contributed by atoms with van der Waals surface area (Å²) < 4.78 is 0.718. The predicted octanol–water partition coefficient (Wildman–Crippen LogP) is 26.5. The summed E-state index contributed by atoms with van der Waals surface area (Å²) in [7, 11) is 0. The third-order valence-corrected chi connectivity index (χ3v) is 42.8. The SMILES string of the molecule is CCCCCCCC1=Cc2c(-c3c4ccccc4cc4ccccc34)ccc(-c3c4ccccc4cc4ccccc34)c2[CH]1[Zr]([CH]1C(CCCCCCC)=Cc2c(-c3c4ccccc4cc4ccccc34)ccc(-c3c4ccccc4cc4ccccc34)c21)[SiH](C)C. The fourth-order valence-electron chi connectivity index (χ4n) is 17.1. The Labute approximate surface area is 552 Å². The van der Waals surface area contributed by atoms with Crippen LogP contribution in [-0.4, -0.2) is 5.92 Å². The van der Waals surface area contributed by atoms with Crippen molar-refractivity contribution in [3.05, 3.63) is 276 Å². The van der Waals surface area contributed by atoms with Crippen LogP contribution in [0.15, 0.2) is 254 Å². The van der Waals surface area contributed by atoms with Crippen LogP contribution in [0.25, 0.3) is 143 Å². The van der Waals surface area contributed by atoms with Gasteiger partial charge >= 0.3 is 557 Å². The summed E-state index contributed by atoms with van der Waals surface area (Å²) in [5.74, 6) is -1.54. The average molecular weight is 1280 g/mol. The van der Waals surface area contributed by atoms with Crippen LogP contribution < -0.4 is 0 Å². The Morgan fingerprint density at radius 3 is 0.783 bits per heavy atom. The monoisotopic (exact) mass is 1280 g/mol. The van der Waals surface area contributed by atoms with Gasteiger partial charge in [0, 0.05) is 0 Å². The number of fused-ring (bicyclic) bond motifs is 10. The molecule has 2 aliphatic carbocycles. The molecule has 2 unspecified atom stereocenters. The Morgan fingerprint density at radius 2 is 0.522 bits per heavy atom. The number of hydrogen-bond donors (Lipinski definition) is 0. The third-order valence-electron chi connectivity index (χ3n) is 21.2. The van der Waals surface area contributed by atoms with Gasteiger partial charge in [0.15, 0.2) is 0 Å². The molecule has 2 atom stereocenters. The van der Waals surface area contributed by atoms with Crippen molar-refractivity contribution in [3.63, 3.8) is 0 Å². The van der Waals surface area contributed by atoms with Gasteiger partial charge in [0.25, 0.3) is 0 Å². The zero-order valence-electron chi connectivity index (χ0n) is 54.0. The van der Waals surface area contributed by atoms with E-state index in [9.17, 15) is 0 Å². The maximum absolute atomic E-state index is 3.12. The molecule has 0 saturated heterocycles. The molecule has 0 aromatic heterocycles. The zero-order chi connectivity index (χ0) is 61.8. The normalized spacial score (nSPS) is 14.6.